The Morgan fingerprint density at radius 1 is 1.57 bits per heavy atom. The molecular formula is C10H13N3O. The van der Waals surface area contributed by atoms with Gasteiger partial charge < -0.3 is 16.3 Å². The molecule has 0 aliphatic heterocycles. The number of nitrogens with one attached hydrogen (secondary N) is 1. The first-order valence-corrected chi connectivity index (χ1v) is 4.27. The summed E-state index contributed by atoms with van der Waals surface area (Å²) in [5.41, 5.74) is 12.4. The van der Waals surface area contributed by atoms with Crippen LogP contribution in [-0.4, -0.2) is 18.2 Å². The minimum absolute atomic E-state index is 0.0199. The average molecular weight is 191 g/mol. The standard InChI is InChI=1S/C10H13N3O/c11-9(6-14)5-7-2-1-3-8(4-7)10(12)13/h1-4,6,9H,5,11H2,(H3,12,13)/t9-/m0/s1. The Balaban J connectivity index is 2.83. The van der Waals surface area contributed by atoms with Crippen molar-refractivity contribution in [2.24, 2.45) is 11.5 Å². The maximum Gasteiger partial charge on any atom is 0.137 e. The summed E-state index contributed by atoms with van der Waals surface area (Å²) in [4.78, 5) is 10.3. The van der Waals surface area contributed by atoms with Crippen molar-refractivity contribution < 1.29 is 4.79 Å². The van der Waals surface area contributed by atoms with E-state index in [2.05, 4.69) is 0 Å². The smallest absolute Gasteiger partial charge is 0.137 e. The number of aldehydes is 1. The lowest BCUT2D eigenvalue weighted by atomic mass is 10.0. The van der Waals surface area contributed by atoms with E-state index in [1.807, 2.05) is 6.07 Å². The highest BCUT2D eigenvalue weighted by atomic mass is 16.1. The Hall–Kier alpha value is -1.68. The number of hydrogen-bond donors (Lipinski definition) is 3. The molecule has 4 heteroatoms. The van der Waals surface area contributed by atoms with E-state index in [9.17, 15) is 4.79 Å². The Morgan fingerprint density at radius 3 is 2.86 bits per heavy atom. The van der Waals surface area contributed by atoms with Gasteiger partial charge in [-0.3, -0.25) is 5.41 Å². The number of benzene rings is 1. The van der Waals surface area contributed by atoms with Crippen molar-refractivity contribution in [3.8, 4) is 0 Å². The van der Waals surface area contributed by atoms with E-state index in [0.29, 0.717) is 18.3 Å². The van der Waals surface area contributed by atoms with Crippen LogP contribution in [0.1, 0.15) is 11.1 Å². The van der Waals surface area contributed by atoms with Crippen molar-refractivity contribution in [1.82, 2.24) is 0 Å². The largest absolute Gasteiger partial charge is 0.384 e. The van der Waals surface area contributed by atoms with Gasteiger partial charge in [0.1, 0.15) is 12.1 Å². The molecule has 0 fully saturated rings. The minimum Gasteiger partial charge on any atom is -0.384 e. The molecule has 0 unspecified atom stereocenters. The minimum atomic E-state index is -0.489. The van der Waals surface area contributed by atoms with Gasteiger partial charge in [-0.15, -0.1) is 0 Å². The molecule has 1 aromatic rings. The molecule has 0 saturated carbocycles. The predicted molar refractivity (Wildman–Crippen MR) is 55.2 cm³/mol. The van der Waals surface area contributed by atoms with E-state index in [0.717, 1.165) is 5.56 Å². The summed E-state index contributed by atoms with van der Waals surface area (Å²) in [6, 6.07) is 6.68. The highest BCUT2D eigenvalue weighted by Gasteiger charge is 2.03. The number of carbonyl (C=O) groups is 1. The molecule has 0 heterocycles. The first kappa shape index (κ1) is 10.4. The van der Waals surface area contributed by atoms with E-state index >= 15 is 0 Å². The second-order valence-corrected chi connectivity index (χ2v) is 3.12. The summed E-state index contributed by atoms with van der Waals surface area (Å²) < 4.78 is 0. The van der Waals surface area contributed by atoms with Crippen LogP contribution in [0.3, 0.4) is 0 Å². The van der Waals surface area contributed by atoms with Gasteiger partial charge in [-0.25, -0.2) is 0 Å². The molecule has 1 atom stereocenters. The average Bonchev–Trinajstić information content (AvgIpc) is 2.18. The number of rotatable bonds is 4. The van der Waals surface area contributed by atoms with Crippen LogP contribution in [-0.2, 0) is 11.2 Å². The van der Waals surface area contributed by atoms with Gasteiger partial charge in [-0.05, 0) is 18.1 Å². The third-order valence-electron chi connectivity index (χ3n) is 1.88. The third kappa shape index (κ3) is 2.67. The molecular weight excluding hydrogens is 178 g/mol. The number of carbonyl (C=O) groups excluding carboxylic acids is 1. The van der Waals surface area contributed by atoms with Gasteiger partial charge in [0.2, 0.25) is 0 Å². The molecule has 0 aromatic heterocycles. The van der Waals surface area contributed by atoms with Crippen LogP contribution >= 0.6 is 0 Å². The van der Waals surface area contributed by atoms with Gasteiger partial charge in [0, 0.05) is 5.56 Å². The van der Waals surface area contributed by atoms with Gasteiger partial charge in [0.05, 0.1) is 6.04 Å². The fourth-order valence-electron chi connectivity index (χ4n) is 1.19. The first-order valence-electron chi connectivity index (χ1n) is 4.27. The molecule has 1 aromatic carbocycles. The third-order valence-corrected chi connectivity index (χ3v) is 1.88. The number of nitrogens with two attached hydrogens (primary N) is 2. The lowest BCUT2D eigenvalue weighted by Crippen LogP contribution is -2.24. The van der Waals surface area contributed by atoms with Gasteiger partial charge in [0.25, 0.3) is 0 Å². The molecule has 0 bridgehead atoms. The van der Waals surface area contributed by atoms with Gasteiger partial charge >= 0.3 is 0 Å². The van der Waals surface area contributed by atoms with Crippen LogP contribution in [0.15, 0.2) is 24.3 Å². The normalized spacial score (nSPS) is 12.1. The maximum atomic E-state index is 10.3. The second-order valence-electron chi connectivity index (χ2n) is 3.12. The fourth-order valence-corrected chi connectivity index (χ4v) is 1.19. The predicted octanol–water partition coefficient (Wildman–Crippen LogP) is 0.0394. The summed E-state index contributed by atoms with van der Waals surface area (Å²) in [5.74, 6) is 0.0199. The summed E-state index contributed by atoms with van der Waals surface area (Å²) in [7, 11) is 0. The van der Waals surface area contributed by atoms with Gasteiger partial charge in [0.15, 0.2) is 0 Å². The van der Waals surface area contributed by atoms with Crippen molar-refractivity contribution in [1.29, 1.82) is 5.41 Å². The number of amidine groups is 1. The van der Waals surface area contributed by atoms with Crippen LogP contribution in [0.2, 0.25) is 0 Å². The van der Waals surface area contributed by atoms with Crippen molar-refractivity contribution >= 4 is 12.1 Å². The van der Waals surface area contributed by atoms with E-state index in [1.54, 1.807) is 18.2 Å². The zero-order valence-corrected chi connectivity index (χ0v) is 7.73. The molecule has 4 nitrogen and oxygen atoms in total. The fraction of sp³-hybridized carbons (Fsp3) is 0.200. The van der Waals surface area contributed by atoms with E-state index in [-0.39, 0.29) is 5.84 Å². The molecule has 0 radical (unpaired) electrons. The van der Waals surface area contributed by atoms with Crippen molar-refractivity contribution in [3.05, 3.63) is 35.4 Å². The van der Waals surface area contributed by atoms with Gasteiger partial charge in [-0.1, -0.05) is 18.2 Å². The maximum absolute atomic E-state index is 10.3. The van der Waals surface area contributed by atoms with Crippen LogP contribution in [0.5, 0.6) is 0 Å². The zero-order valence-electron chi connectivity index (χ0n) is 7.73. The Morgan fingerprint density at radius 2 is 2.29 bits per heavy atom. The van der Waals surface area contributed by atoms with Crippen LogP contribution < -0.4 is 11.5 Å². The second kappa shape index (κ2) is 4.53. The topological polar surface area (TPSA) is 93.0 Å². The first-order chi connectivity index (χ1) is 6.63. The van der Waals surface area contributed by atoms with Gasteiger partial charge in [-0.2, -0.15) is 0 Å². The number of nitrogen functional groups attached to an aromatic ring is 1. The van der Waals surface area contributed by atoms with Crippen molar-refractivity contribution in [3.63, 3.8) is 0 Å². The summed E-state index contributed by atoms with van der Waals surface area (Å²) in [6.07, 6.45) is 1.19. The summed E-state index contributed by atoms with van der Waals surface area (Å²) in [6.45, 7) is 0. The lowest BCUT2D eigenvalue weighted by molar-refractivity contribution is -0.108. The summed E-state index contributed by atoms with van der Waals surface area (Å²) in [5, 5.41) is 7.24. The Kier molecular flexibility index (Phi) is 3.36. The molecule has 0 amide bonds. The highest BCUT2D eigenvalue weighted by molar-refractivity contribution is 5.95. The quantitative estimate of drug-likeness (QED) is 0.356. The molecule has 1 rings (SSSR count). The van der Waals surface area contributed by atoms with Crippen LogP contribution in [0, 0.1) is 5.41 Å². The van der Waals surface area contributed by atoms with E-state index < -0.39 is 6.04 Å². The Labute approximate surface area is 82.4 Å². The molecule has 0 saturated heterocycles. The van der Waals surface area contributed by atoms with Crippen molar-refractivity contribution in [2.45, 2.75) is 12.5 Å². The lowest BCUT2D eigenvalue weighted by Gasteiger charge is -2.05. The van der Waals surface area contributed by atoms with E-state index in [4.69, 9.17) is 16.9 Å². The molecule has 74 valence electrons. The zero-order chi connectivity index (χ0) is 10.6. The molecule has 0 aliphatic rings. The molecule has 0 aliphatic carbocycles. The highest BCUT2D eigenvalue weighted by Crippen LogP contribution is 2.06. The Bertz CT molecular complexity index is 349. The monoisotopic (exact) mass is 191 g/mol. The summed E-state index contributed by atoms with van der Waals surface area (Å²) >= 11 is 0. The van der Waals surface area contributed by atoms with Crippen molar-refractivity contribution in [2.75, 3.05) is 0 Å². The van der Waals surface area contributed by atoms with Crippen LogP contribution in [0.25, 0.3) is 0 Å². The number of hydrogen-bond acceptors (Lipinski definition) is 3. The van der Waals surface area contributed by atoms with Crippen LogP contribution in [0.4, 0.5) is 0 Å². The van der Waals surface area contributed by atoms with E-state index in [1.165, 1.54) is 0 Å². The molecule has 14 heavy (non-hydrogen) atoms. The molecule has 0 spiro atoms. The SMILES string of the molecule is N=C(N)c1cccc(C[C@H](N)C=O)c1. The molecule has 5 N–H and O–H groups in total.